The van der Waals surface area contributed by atoms with Gasteiger partial charge in [-0.1, -0.05) is 27.7 Å². The minimum Gasteiger partial charge on any atom is -0.378 e. The van der Waals surface area contributed by atoms with Crippen LogP contribution in [0.1, 0.15) is 47.5 Å². The second kappa shape index (κ2) is 7.25. The van der Waals surface area contributed by atoms with Crippen molar-refractivity contribution < 1.29 is 9.53 Å². The van der Waals surface area contributed by atoms with Crippen LogP contribution in [-0.2, 0) is 9.53 Å². The summed E-state index contributed by atoms with van der Waals surface area (Å²) < 4.78 is 5.76. The summed E-state index contributed by atoms with van der Waals surface area (Å²) in [5, 5.41) is 6.32. The smallest absolute Gasteiger partial charge is 0.233 e. The maximum Gasteiger partial charge on any atom is 0.233 e. The lowest BCUT2D eigenvalue weighted by atomic mass is 9.61. The van der Waals surface area contributed by atoms with Crippen molar-refractivity contribution in [3.63, 3.8) is 0 Å². The first-order valence-electron chi connectivity index (χ1n) is 7.55. The monoisotopic (exact) mass is 270 g/mol. The summed E-state index contributed by atoms with van der Waals surface area (Å²) in [5.74, 6) is 0.586. The summed E-state index contributed by atoms with van der Waals surface area (Å²) in [4.78, 5) is 11.7. The Bertz CT molecular complexity index is 294. The molecule has 1 aliphatic carbocycles. The van der Waals surface area contributed by atoms with Crippen LogP contribution in [0.4, 0.5) is 0 Å². The molecule has 112 valence electrons. The van der Waals surface area contributed by atoms with Crippen LogP contribution in [0.25, 0.3) is 0 Å². The largest absolute Gasteiger partial charge is 0.378 e. The number of ether oxygens (including phenoxy) is 1. The van der Waals surface area contributed by atoms with E-state index in [1.807, 2.05) is 6.92 Å². The molecule has 0 aromatic rings. The van der Waals surface area contributed by atoms with Crippen molar-refractivity contribution in [1.82, 2.24) is 10.6 Å². The molecule has 1 amide bonds. The van der Waals surface area contributed by atoms with Crippen LogP contribution < -0.4 is 10.6 Å². The van der Waals surface area contributed by atoms with Crippen LogP contribution >= 0.6 is 0 Å². The molecule has 0 aliphatic heterocycles. The lowest BCUT2D eigenvalue weighted by Crippen LogP contribution is -2.63. The van der Waals surface area contributed by atoms with Gasteiger partial charge in [-0.05, 0) is 25.7 Å². The molecular formula is C15H30N2O2. The molecule has 0 saturated heterocycles. The predicted octanol–water partition coefficient (Wildman–Crippen LogP) is 1.94. The van der Waals surface area contributed by atoms with Crippen LogP contribution in [0.5, 0.6) is 0 Å². The Morgan fingerprint density at radius 1 is 1.42 bits per heavy atom. The van der Waals surface area contributed by atoms with Crippen molar-refractivity contribution in [2.45, 2.75) is 59.6 Å². The maximum atomic E-state index is 11.7. The summed E-state index contributed by atoms with van der Waals surface area (Å²) in [7, 11) is 0. The van der Waals surface area contributed by atoms with E-state index < -0.39 is 0 Å². The third-order valence-corrected chi connectivity index (χ3v) is 4.33. The van der Waals surface area contributed by atoms with E-state index in [9.17, 15) is 4.79 Å². The van der Waals surface area contributed by atoms with E-state index in [1.165, 1.54) is 0 Å². The standard InChI is InChI=1S/C15H30N2O2/c1-6-15(5)12(8-13(15)19-7-2)16-10-14(18)17-9-11(3)4/h11-13,16H,6-10H2,1-5H3,(H,17,18). The van der Waals surface area contributed by atoms with Crippen molar-refractivity contribution in [1.29, 1.82) is 0 Å². The summed E-state index contributed by atoms with van der Waals surface area (Å²) in [5.41, 5.74) is 0.161. The molecule has 0 spiro atoms. The summed E-state index contributed by atoms with van der Waals surface area (Å²) in [6.45, 7) is 12.6. The Balaban J connectivity index is 2.32. The Hall–Kier alpha value is -0.610. The van der Waals surface area contributed by atoms with Crippen molar-refractivity contribution in [2.24, 2.45) is 11.3 Å². The van der Waals surface area contributed by atoms with E-state index in [0.29, 0.717) is 24.6 Å². The van der Waals surface area contributed by atoms with Gasteiger partial charge in [0.05, 0.1) is 12.6 Å². The van der Waals surface area contributed by atoms with E-state index in [1.54, 1.807) is 0 Å². The lowest BCUT2D eigenvalue weighted by Gasteiger charge is -2.53. The first-order valence-corrected chi connectivity index (χ1v) is 7.55. The molecule has 0 aromatic carbocycles. The van der Waals surface area contributed by atoms with Crippen LogP contribution in [0.2, 0.25) is 0 Å². The topological polar surface area (TPSA) is 50.4 Å². The van der Waals surface area contributed by atoms with Gasteiger partial charge in [0.25, 0.3) is 0 Å². The Labute approximate surface area is 117 Å². The molecule has 0 heterocycles. The van der Waals surface area contributed by atoms with Crippen molar-refractivity contribution in [3.8, 4) is 0 Å². The molecular weight excluding hydrogens is 240 g/mol. The predicted molar refractivity (Wildman–Crippen MR) is 78.1 cm³/mol. The molecule has 3 atom stereocenters. The number of carbonyl (C=O) groups excluding carboxylic acids is 1. The van der Waals surface area contributed by atoms with Gasteiger partial charge in [0, 0.05) is 24.6 Å². The molecule has 1 fully saturated rings. The van der Waals surface area contributed by atoms with Crippen molar-refractivity contribution in [3.05, 3.63) is 0 Å². The summed E-state index contributed by atoms with van der Waals surface area (Å²) in [6.07, 6.45) is 2.41. The highest BCUT2D eigenvalue weighted by molar-refractivity contribution is 5.78. The molecule has 2 N–H and O–H groups in total. The van der Waals surface area contributed by atoms with E-state index in [4.69, 9.17) is 4.74 Å². The van der Waals surface area contributed by atoms with Crippen molar-refractivity contribution in [2.75, 3.05) is 19.7 Å². The first-order chi connectivity index (χ1) is 8.93. The summed E-state index contributed by atoms with van der Waals surface area (Å²) in [6, 6.07) is 0.388. The van der Waals surface area contributed by atoms with E-state index in [-0.39, 0.29) is 11.3 Å². The number of nitrogens with one attached hydrogen (secondary N) is 2. The molecule has 1 rings (SSSR count). The normalized spacial score (nSPS) is 30.2. The van der Waals surface area contributed by atoms with Gasteiger partial charge >= 0.3 is 0 Å². The van der Waals surface area contributed by atoms with Gasteiger partial charge in [0.1, 0.15) is 0 Å². The molecule has 0 aromatic heterocycles. The summed E-state index contributed by atoms with van der Waals surface area (Å²) >= 11 is 0. The second-order valence-electron chi connectivity index (χ2n) is 6.17. The highest BCUT2D eigenvalue weighted by Gasteiger charge is 2.50. The number of hydrogen-bond acceptors (Lipinski definition) is 3. The lowest BCUT2D eigenvalue weighted by molar-refractivity contribution is -0.131. The van der Waals surface area contributed by atoms with Crippen LogP contribution in [0, 0.1) is 11.3 Å². The van der Waals surface area contributed by atoms with Gasteiger partial charge in [-0.25, -0.2) is 0 Å². The van der Waals surface area contributed by atoms with E-state index in [2.05, 4.69) is 38.3 Å². The molecule has 1 saturated carbocycles. The van der Waals surface area contributed by atoms with Gasteiger partial charge in [0.2, 0.25) is 5.91 Å². The zero-order valence-electron chi connectivity index (χ0n) is 13.1. The molecule has 3 unspecified atom stereocenters. The first kappa shape index (κ1) is 16.4. The average molecular weight is 270 g/mol. The fourth-order valence-electron chi connectivity index (χ4n) is 2.66. The maximum absolute atomic E-state index is 11.7. The molecule has 0 radical (unpaired) electrons. The SMILES string of the molecule is CCOC1CC(NCC(=O)NCC(C)C)C1(C)CC. The highest BCUT2D eigenvalue weighted by atomic mass is 16.5. The number of hydrogen-bond donors (Lipinski definition) is 2. The zero-order valence-corrected chi connectivity index (χ0v) is 13.1. The molecule has 0 bridgehead atoms. The quantitative estimate of drug-likeness (QED) is 0.709. The zero-order chi connectivity index (χ0) is 14.5. The average Bonchev–Trinajstić information content (AvgIpc) is 2.38. The number of rotatable bonds is 8. The third-order valence-electron chi connectivity index (χ3n) is 4.33. The van der Waals surface area contributed by atoms with Gasteiger partial charge < -0.3 is 15.4 Å². The Kier molecular flexibility index (Phi) is 6.27. The fraction of sp³-hybridized carbons (Fsp3) is 0.933. The van der Waals surface area contributed by atoms with Gasteiger partial charge in [0.15, 0.2) is 0 Å². The van der Waals surface area contributed by atoms with Crippen LogP contribution in [0.15, 0.2) is 0 Å². The van der Waals surface area contributed by atoms with Crippen LogP contribution in [-0.4, -0.2) is 37.7 Å². The second-order valence-corrected chi connectivity index (χ2v) is 6.17. The third kappa shape index (κ3) is 4.18. The van der Waals surface area contributed by atoms with E-state index >= 15 is 0 Å². The minimum absolute atomic E-state index is 0.0898. The van der Waals surface area contributed by atoms with Crippen LogP contribution in [0.3, 0.4) is 0 Å². The Morgan fingerprint density at radius 3 is 2.63 bits per heavy atom. The van der Waals surface area contributed by atoms with Crippen molar-refractivity contribution >= 4 is 5.91 Å². The minimum atomic E-state index is 0.0898. The molecule has 4 heteroatoms. The van der Waals surface area contributed by atoms with Gasteiger partial charge in [-0.2, -0.15) is 0 Å². The van der Waals surface area contributed by atoms with Gasteiger partial charge in [-0.15, -0.1) is 0 Å². The molecule has 19 heavy (non-hydrogen) atoms. The number of amides is 1. The fourth-order valence-corrected chi connectivity index (χ4v) is 2.66. The van der Waals surface area contributed by atoms with Gasteiger partial charge in [-0.3, -0.25) is 4.79 Å². The number of carbonyl (C=O) groups is 1. The Morgan fingerprint density at radius 2 is 2.11 bits per heavy atom. The molecule has 1 aliphatic rings. The highest BCUT2D eigenvalue weighted by Crippen LogP contribution is 2.45. The van der Waals surface area contributed by atoms with E-state index in [0.717, 1.165) is 26.0 Å². The molecule has 4 nitrogen and oxygen atoms in total.